The van der Waals surface area contributed by atoms with Gasteiger partial charge in [-0.05, 0) is 48.2 Å². The summed E-state index contributed by atoms with van der Waals surface area (Å²) in [6.07, 6.45) is 5.88. The molecule has 2 aromatic heterocycles. The van der Waals surface area contributed by atoms with Crippen LogP contribution in [0, 0.1) is 5.82 Å². The molecular weight excluding hydrogens is 441 g/mol. The van der Waals surface area contributed by atoms with Crippen molar-refractivity contribution in [1.82, 2.24) is 15.3 Å². The summed E-state index contributed by atoms with van der Waals surface area (Å²) in [7, 11) is 0. The number of nitrogens with zero attached hydrogens (tertiary/aromatic N) is 2. The van der Waals surface area contributed by atoms with Gasteiger partial charge in [-0.15, -0.1) is 0 Å². The Kier molecular flexibility index (Phi) is 5.99. The quantitative estimate of drug-likeness (QED) is 0.412. The number of thiazole rings is 1. The van der Waals surface area contributed by atoms with E-state index < -0.39 is 11.7 Å². The smallest absolute Gasteiger partial charge is 0.278 e. The van der Waals surface area contributed by atoms with Crippen LogP contribution in [0.1, 0.15) is 38.9 Å². The van der Waals surface area contributed by atoms with Crippen molar-refractivity contribution in [3.05, 3.63) is 101 Å². The number of ether oxygens (including phenoxy) is 2. The highest BCUT2D eigenvalue weighted by Gasteiger charge is 2.22. The molecule has 2 aromatic carbocycles. The second-order valence-electron chi connectivity index (χ2n) is 7.56. The van der Waals surface area contributed by atoms with E-state index in [9.17, 15) is 9.18 Å². The van der Waals surface area contributed by atoms with E-state index in [1.807, 2.05) is 36.4 Å². The van der Waals surface area contributed by atoms with Crippen molar-refractivity contribution in [2.24, 2.45) is 0 Å². The molecule has 33 heavy (non-hydrogen) atoms. The molecule has 0 aliphatic carbocycles. The first-order chi connectivity index (χ1) is 16.2. The molecule has 3 heterocycles. The van der Waals surface area contributed by atoms with Crippen molar-refractivity contribution < 1.29 is 18.7 Å². The van der Waals surface area contributed by atoms with Crippen LogP contribution in [-0.2, 0) is 13.0 Å². The van der Waals surface area contributed by atoms with Gasteiger partial charge in [0.2, 0.25) is 0 Å². The van der Waals surface area contributed by atoms with Gasteiger partial charge < -0.3 is 14.8 Å². The number of fused-ring (bicyclic) bond motifs is 1. The number of hydrogen-bond donors (Lipinski definition) is 1. The molecule has 0 radical (unpaired) electrons. The molecule has 0 fully saturated rings. The van der Waals surface area contributed by atoms with E-state index in [4.69, 9.17) is 9.47 Å². The summed E-state index contributed by atoms with van der Waals surface area (Å²) in [6, 6.07) is 17.3. The van der Waals surface area contributed by atoms with E-state index in [0.717, 1.165) is 35.2 Å². The van der Waals surface area contributed by atoms with E-state index in [0.29, 0.717) is 10.9 Å². The molecule has 0 saturated carbocycles. The number of benzene rings is 2. The number of rotatable bonds is 6. The minimum Gasteiger partial charge on any atom is -0.485 e. The molecule has 4 aromatic rings. The maximum atomic E-state index is 13.7. The molecule has 166 valence electrons. The highest BCUT2D eigenvalue weighted by molar-refractivity contribution is 7.13. The van der Waals surface area contributed by atoms with Crippen molar-refractivity contribution in [3.63, 3.8) is 0 Å². The Morgan fingerprint density at radius 3 is 2.91 bits per heavy atom. The zero-order valence-electron chi connectivity index (χ0n) is 17.5. The van der Waals surface area contributed by atoms with Gasteiger partial charge in [0.1, 0.15) is 17.6 Å². The van der Waals surface area contributed by atoms with Crippen molar-refractivity contribution in [2.75, 3.05) is 0 Å². The zero-order chi connectivity index (χ0) is 22.6. The van der Waals surface area contributed by atoms with Gasteiger partial charge in [-0.1, -0.05) is 41.7 Å². The summed E-state index contributed by atoms with van der Waals surface area (Å²) in [6.45, 7) is 0.223. The summed E-state index contributed by atoms with van der Waals surface area (Å²) in [5, 5.41) is 3.15. The molecule has 0 bridgehead atoms. The Labute approximate surface area is 194 Å². The third-order valence-electron chi connectivity index (χ3n) is 5.33. The van der Waals surface area contributed by atoms with Gasteiger partial charge in [0.05, 0.1) is 18.3 Å². The first kappa shape index (κ1) is 21.1. The minimum atomic E-state index is -0.658. The minimum absolute atomic E-state index is 0.0447. The van der Waals surface area contributed by atoms with E-state index in [1.54, 1.807) is 6.20 Å². The number of carbonyl (C=O) groups excluding carboxylic acids is 1. The molecule has 1 N–H and O–H groups in total. The second kappa shape index (κ2) is 9.38. The van der Waals surface area contributed by atoms with Crippen LogP contribution < -0.4 is 14.8 Å². The highest BCUT2D eigenvalue weighted by atomic mass is 32.1. The largest absolute Gasteiger partial charge is 0.485 e. The number of carbonyl (C=O) groups is 1. The van der Waals surface area contributed by atoms with E-state index in [-0.39, 0.29) is 18.2 Å². The van der Waals surface area contributed by atoms with Gasteiger partial charge in [0.25, 0.3) is 11.1 Å². The third-order valence-corrected chi connectivity index (χ3v) is 6.20. The molecule has 0 spiro atoms. The van der Waals surface area contributed by atoms with Crippen LogP contribution in [0.25, 0.3) is 0 Å². The van der Waals surface area contributed by atoms with Gasteiger partial charge in [-0.3, -0.25) is 9.78 Å². The molecule has 6 nitrogen and oxygen atoms in total. The predicted molar refractivity (Wildman–Crippen MR) is 122 cm³/mol. The molecular formula is C25H20FN3O3S. The fourth-order valence-corrected chi connectivity index (χ4v) is 4.39. The van der Waals surface area contributed by atoms with E-state index in [1.165, 1.54) is 29.2 Å². The lowest BCUT2D eigenvalue weighted by molar-refractivity contribution is 0.0947. The predicted octanol–water partition coefficient (Wildman–Crippen LogP) is 5.47. The first-order valence-electron chi connectivity index (χ1n) is 10.5. The molecule has 1 atom stereocenters. The number of hydrogen-bond acceptors (Lipinski definition) is 6. The zero-order valence-corrected chi connectivity index (χ0v) is 18.3. The lowest BCUT2D eigenvalue weighted by atomic mass is 9.97. The fourth-order valence-electron chi connectivity index (χ4n) is 3.67. The molecule has 1 unspecified atom stereocenters. The normalized spacial score (nSPS) is 14.8. The Bertz CT molecular complexity index is 1280. The summed E-state index contributed by atoms with van der Waals surface area (Å²) in [5.74, 6) is 0.386. The van der Waals surface area contributed by atoms with Crippen LogP contribution in [0.3, 0.4) is 0 Å². The monoisotopic (exact) mass is 461 g/mol. The number of aryl methyl sites for hydroxylation is 1. The molecule has 1 aliphatic rings. The van der Waals surface area contributed by atoms with E-state index in [2.05, 4.69) is 27.4 Å². The second-order valence-corrected chi connectivity index (χ2v) is 8.64. The summed E-state index contributed by atoms with van der Waals surface area (Å²) in [4.78, 5) is 20.9. The molecule has 1 amide bonds. The van der Waals surface area contributed by atoms with Crippen LogP contribution in [0.5, 0.6) is 16.7 Å². The molecule has 1 aliphatic heterocycles. The average molecular weight is 462 g/mol. The van der Waals surface area contributed by atoms with Gasteiger partial charge >= 0.3 is 0 Å². The summed E-state index contributed by atoms with van der Waals surface area (Å²) < 4.78 is 25.8. The number of amides is 1. The third kappa shape index (κ3) is 4.85. The van der Waals surface area contributed by atoms with Crippen LogP contribution in [0.2, 0.25) is 0 Å². The summed E-state index contributed by atoms with van der Waals surface area (Å²) in [5.41, 5.74) is 2.23. The maximum absolute atomic E-state index is 13.7. The van der Waals surface area contributed by atoms with Gasteiger partial charge in [0.15, 0.2) is 5.82 Å². The standard InChI is InChI=1S/C25H20FN3O3S/c26-21-15-27-11-10-20(21)24(30)28-13-19-14-29-25(33-19)31-18-7-9-23-17(12-18)6-8-22(32-23)16-4-2-1-3-5-16/h1-5,7,9-12,14-15,22H,6,8,13H2,(H,28,30). The van der Waals surface area contributed by atoms with Crippen molar-refractivity contribution in [2.45, 2.75) is 25.5 Å². The van der Waals surface area contributed by atoms with Crippen molar-refractivity contribution in [3.8, 4) is 16.7 Å². The number of halogens is 1. The molecule has 8 heteroatoms. The lowest BCUT2D eigenvalue weighted by Gasteiger charge is -2.26. The molecule has 5 rings (SSSR count). The highest BCUT2D eigenvalue weighted by Crippen LogP contribution is 2.38. The fraction of sp³-hybridized carbons (Fsp3) is 0.160. The Balaban J connectivity index is 1.20. The first-order valence-corrected chi connectivity index (χ1v) is 11.3. The topological polar surface area (TPSA) is 73.3 Å². The van der Waals surface area contributed by atoms with Gasteiger partial charge in [-0.25, -0.2) is 9.37 Å². The Hall–Kier alpha value is -3.78. The Morgan fingerprint density at radius 1 is 1.18 bits per heavy atom. The summed E-state index contributed by atoms with van der Waals surface area (Å²) >= 11 is 1.32. The van der Waals surface area contributed by atoms with Crippen LogP contribution in [0.4, 0.5) is 4.39 Å². The number of aromatic nitrogens is 2. The van der Waals surface area contributed by atoms with Crippen LogP contribution in [0.15, 0.2) is 73.2 Å². The van der Waals surface area contributed by atoms with Gasteiger partial charge in [-0.2, -0.15) is 0 Å². The Morgan fingerprint density at radius 2 is 2.06 bits per heavy atom. The average Bonchev–Trinajstić information content (AvgIpc) is 3.30. The maximum Gasteiger partial charge on any atom is 0.278 e. The SMILES string of the molecule is O=C(NCc1cnc(Oc2ccc3c(c2)CCC(c2ccccc2)O3)s1)c1ccncc1F. The van der Waals surface area contributed by atoms with Gasteiger partial charge in [0, 0.05) is 17.3 Å². The van der Waals surface area contributed by atoms with Crippen molar-refractivity contribution >= 4 is 17.2 Å². The number of pyridine rings is 1. The lowest BCUT2D eigenvalue weighted by Crippen LogP contribution is -2.23. The number of nitrogens with one attached hydrogen (secondary N) is 1. The molecule has 0 saturated heterocycles. The van der Waals surface area contributed by atoms with Crippen LogP contribution in [-0.4, -0.2) is 15.9 Å². The van der Waals surface area contributed by atoms with Crippen LogP contribution >= 0.6 is 11.3 Å². The van der Waals surface area contributed by atoms with E-state index >= 15 is 0 Å². The van der Waals surface area contributed by atoms with Crippen molar-refractivity contribution in [1.29, 1.82) is 0 Å².